The molecule has 78 valence electrons. The molecule has 14 heavy (non-hydrogen) atoms. The number of ether oxygens (including phenoxy) is 1. The van der Waals surface area contributed by atoms with E-state index in [1.54, 1.807) is 0 Å². The summed E-state index contributed by atoms with van der Waals surface area (Å²) < 4.78 is 5.58. The van der Waals surface area contributed by atoms with E-state index in [1.807, 2.05) is 33.0 Å². The Hall–Kier alpha value is -1.25. The number of pyridine rings is 1. The van der Waals surface area contributed by atoms with Crippen LogP contribution in [0.4, 0.5) is 5.69 Å². The van der Waals surface area contributed by atoms with Crippen molar-refractivity contribution in [3.63, 3.8) is 0 Å². The zero-order valence-electron chi connectivity index (χ0n) is 9.29. The van der Waals surface area contributed by atoms with Gasteiger partial charge in [-0.3, -0.25) is 0 Å². The van der Waals surface area contributed by atoms with Gasteiger partial charge in [0.25, 0.3) is 0 Å². The molecule has 1 heterocycles. The number of hydrogen-bond donors (Lipinski definition) is 1. The van der Waals surface area contributed by atoms with Crippen LogP contribution in [0.1, 0.15) is 26.3 Å². The van der Waals surface area contributed by atoms with Crippen LogP contribution in [-0.2, 0) is 0 Å². The van der Waals surface area contributed by atoms with E-state index in [1.165, 1.54) is 0 Å². The Labute approximate surface area is 85.5 Å². The van der Waals surface area contributed by atoms with Crippen LogP contribution in [0.3, 0.4) is 0 Å². The molecule has 3 heteroatoms. The van der Waals surface area contributed by atoms with E-state index in [2.05, 4.69) is 17.2 Å². The van der Waals surface area contributed by atoms with Gasteiger partial charge in [-0.15, -0.1) is 0 Å². The summed E-state index contributed by atoms with van der Waals surface area (Å²) in [5.74, 6) is 0.687. The zero-order valence-corrected chi connectivity index (χ0v) is 9.29. The Morgan fingerprint density at radius 3 is 2.79 bits per heavy atom. The highest BCUT2D eigenvalue weighted by molar-refractivity contribution is 5.53. The van der Waals surface area contributed by atoms with Crippen LogP contribution in [0.5, 0.6) is 5.88 Å². The van der Waals surface area contributed by atoms with Gasteiger partial charge >= 0.3 is 0 Å². The standard InChI is InChI=1S/C11H18N2O/c1-5-12-10-6-9(4)7-13-11(10)14-8(2)3/h6-8,12H,5H2,1-4H3. The van der Waals surface area contributed by atoms with Gasteiger partial charge in [-0.1, -0.05) is 0 Å². The number of nitrogens with one attached hydrogen (secondary N) is 1. The first-order chi connectivity index (χ1) is 6.63. The van der Waals surface area contributed by atoms with E-state index in [-0.39, 0.29) is 6.10 Å². The van der Waals surface area contributed by atoms with Gasteiger partial charge in [-0.05, 0) is 39.3 Å². The summed E-state index contributed by atoms with van der Waals surface area (Å²) in [6, 6.07) is 2.05. The molecule has 0 aliphatic heterocycles. The molecular formula is C11H18N2O. The van der Waals surface area contributed by atoms with Gasteiger partial charge in [0, 0.05) is 12.7 Å². The highest BCUT2D eigenvalue weighted by Crippen LogP contribution is 2.23. The second-order valence-electron chi connectivity index (χ2n) is 3.56. The molecule has 0 aliphatic rings. The van der Waals surface area contributed by atoms with Crippen molar-refractivity contribution >= 4 is 5.69 Å². The fraction of sp³-hybridized carbons (Fsp3) is 0.545. The fourth-order valence-corrected chi connectivity index (χ4v) is 1.19. The Kier molecular flexibility index (Phi) is 3.74. The van der Waals surface area contributed by atoms with Crippen molar-refractivity contribution in [1.29, 1.82) is 0 Å². The van der Waals surface area contributed by atoms with Gasteiger partial charge in [0.1, 0.15) is 0 Å². The third-order valence-electron chi connectivity index (χ3n) is 1.70. The first-order valence-electron chi connectivity index (χ1n) is 5.00. The van der Waals surface area contributed by atoms with Crippen LogP contribution in [-0.4, -0.2) is 17.6 Å². The third-order valence-corrected chi connectivity index (χ3v) is 1.70. The predicted octanol–water partition coefficient (Wildman–Crippen LogP) is 2.61. The SMILES string of the molecule is CCNc1cc(C)cnc1OC(C)C. The van der Waals surface area contributed by atoms with Crippen molar-refractivity contribution in [2.75, 3.05) is 11.9 Å². The molecule has 0 saturated carbocycles. The van der Waals surface area contributed by atoms with Gasteiger partial charge < -0.3 is 10.1 Å². The smallest absolute Gasteiger partial charge is 0.237 e. The number of rotatable bonds is 4. The summed E-state index contributed by atoms with van der Waals surface area (Å²) >= 11 is 0. The van der Waals surface area contributed by atoms with Crippen molar-refractivity contribution in [2.45, 2.75) is 33.8 Å². The quantitative estimate of drug-likeness (QED) is 0.800. The number of aromatic nitrogens is 1. The second kappa shape index (κ2) is 4.84. The minimum Gasteiger partial charge on any atom is -0.473 e. The minimum absolute atomic E-state index is 0.155. The third kappa shape index (κ3) is 2.91. The molecule has 0 saturated heterocycles. The lowest BCUT2D eigenvalue weighted by molar-refractivity contribution is 0.234. The van der Waals surface area contributed by atoms with Crippen molar-refractivity contribution in [2.24, 2.45) is 0 Å². The molecule has 1 aromatic heterocycles. The van der Waals surface area contributed by atoms with Crippen molar-refractivity contribution in [3.8, 4) is 5.88 Å². The average Bonchev–Trinajstić information content (AvgIpc) is 2.09. The molecule has 0 aromatic carbocycles. The summed E-state index contributed by atoms with van der Waals surface area (Å²) in [5, 5.41) is 3.23. The maximum Gasteiger partial charge on any atom is 0.237 e. The van der Waals surface area contributed by atoms with Gasteiger partial charge in [-0.25, -0.2) is 4.98 Å². The van der Waals surface area contributed by atoms with Crippen LogP contribution >= 0.6 is 0 Å². The molecule has 3 nitrogen and oxygen atoms in total. The molecule has 1 aromatic rings. The molecular weight excluding hydrogens is 176 g/mol. The van der Waals surface area contributed by atoms with Gasteiger partial charge in [0.15, 0.2) is 0 Å². The van der Waals surface area contributed by atoms with Crippen LogP contribution in [0.15, 0.2) is 12.3 Å². The molecule has 0 aliphatic carbocycles. The molecule has 1 N–H and O–H groups in total. The highest BCUT2D eigenvalue weighted by Gasteiger charge is 2.06. The fourth-order valence-electron chi connectivity index (χ4n) is 1.19. The maximum atomic E-state index is 5.58. The molecule has 0 bridgehead atoms. The number of nitrogens with zero attached hydrogens (tertiary/aromatic N) is 1. The van der Waals surface area contributed by atoms with Crippen LogP contribution in [0.2, 0.25) is 0 Å². The molecule has 0 fully saturated rings. The first kappa shape index (κ1) is 10.8. The van der Waals surface area contributed by atoms with Crippen molar-refractivity contribution in [1.82, 2.24) is 4.98 Å². The Bertz CT molecular complexity index is 297. The summed E-state index contributed by atoms with van der Waals surface area (Å²) in [5.41, 5.74) is 2.11. The summed E-state index contributed by atoms with van der Waals surface area (Å²) in [7, 11) is 0. The molecule has 0 unspecified atom stereocenters. The van der Waals surface area contributed by atoms with E-state index >= 15 is 0 Å². The Morgan fingerprint density at radius 1 is 1.50 bits per heavy atom. The number of hydrogen-bond acceptors (Lipinski definition) is 3. The van der Waals surface area contributed by atoms with E-state index in [0.717, 1.165) is 17.8 Å². The summed E-state index contributed by atoms with van der Waals surface area (Å²) in [6.45, 7) is 8.95. The molecule has 0 atom stereocenters. The zero-order chi connectivity index (χ0) is 10.6. The van der Waals surface area contributed by atoms with Crippen LogP contribution in [0.25, 0.3) is 0 Å². The largest absolute Gasteiger partial charge is 0.473 e. The highest BCUT2D eigenvalue weighted by atomic mass is 16.5. The Balaban J connectivity index is 2.89. The van der Waals surface area contributed by atoms with Crippen molar-refractivity contribution in [3.05, 3.63) is 17.8 Å². The predicted molar refractivity (Wildman–Crippen MR) is 58.9 cm³/mol. The topological polar surface area (TPSA) is 34.2 Å². The Morgan fingerprint density at radius 2 is 2.21 bits per heavy atom. The number of aryl methyl sites for hydroxylation is 1. The van der Waals surface area contributed by atoms with Gasteiger partial charge in [0.2, 0.25) is 5.88 Å². The molecule has 0 radical (unpaired) electrons. The van der Waals surface area contributed by atoms with Gasteiger partial charge in [-0.2, -0.15) is 0 Å². The van der Waals surface area contributed by atoms with E-state index in [0.29, 0.717) is 5.88 Å². The van der Waals surface area contributed by atoms with Crippen molar-refractivity contribution < 1.29 is 4.74 Å². The lowest BCUT2D eigenvalue weighted by Crippen LogP contribution is -2.10. The van der Waals surface area contributed by atoms with E-state index in [4.69, 9.17) is 4.74 Å². The van der Waals surface area contributed by atoms with E-state index in [9.17, 15) is 0 Å². The molecule has 0 spiro atoms. The monoisotopic (exact) mass is 194 g/mol. The molecule has 1 rings (SSSR count). The first-order valence-corrected chi connectivity index (χ1v) is 5.00. The summed E-state index contributed by atoms with van der Waals surface area (Å²) in [4.78, 5) is 4.25. The lowest BCUT2D eigenvalue weighted by Gasteiger charge is -2.13. The lowest BCUT2D eigenvalue weighted by atomic mass is 10.3. The van der Waals surface area contributed by atoms with Crippen LogP contribution < -0.4 is 10.1 Å². The average molecular weight is 194 g/mol. The maximum absolute atomic E-state index is 5.58. The minimum atomic E-state index is 0.155. The normalized spacial score (nSPS) is 10.4. The van der Waals surface area contributed by atoms with Crippen LogP contribution in [0, 0.1) is 6.92 Å². The molecule has 0 amide bonds. The second-order valence-corrected chi connectivity index (χ2v) is 3.56. The van der Waals surface area contributed by atoms with E-state index < -0.39 is 0 Å². The summed E-state index contributed by atoms with van der Waals surface area (Å²) in [6.07, 6.45) is 1.97. The van der Waals surface area contributed by atoms with Gasteiger partial charge in [0.05, 0.1) is 11.8 Å². The number of anilines is 1.